The van der Waals surface area contributed by atoms with E-state index in [2.05, 4.69) is 20.6 Å². The van der Waals surface area contributed by atoms with Crippen LogP contribution in [0.5, 0.6) is 0 Å². The van der Waals surface area contributed by atoms with E-state index in [4.69, 9.17) is 9.52 Å². The number of aryl methyl sites for hydroxylation is 1. The van der Waals surface area contributed by atoms with Gasteiger partial charge in [-0.2, -0.15) is 0 Å². The average molecular weight is 290 g/mol. The van der Waals surface area contributed by atoms with E-state index in [1.54, 1.807) is 13.1 Å². The van der Waals surface area contributed by atoms with Crippen molar-refractivity contribution in [2.24, 2.45) is 0 Å². The summed E-state index contributed by atoms with van der Waals surface area (Å²) in [6, 6.07) is 2.37. The normalized spacial score (nSPS) is 10.1. The molecule has 0 aliphatic carbocycles. The predicted octanol–water partition coefficient (Wildman–Crippen LogP) is 1.08. The highest BCUT2D eigenvalue weighted by Gasteiger charge is 2.07. The van der Waals surface area contributed by atoms with Crippen LogP contribution in [0, 0.1) is 6.92 Å². The van der Waals surface area contributed by atoms with E-state index in [1.165, 1.54) is 18.3 Å². The molecule has 0 aliphatic heterocycles. The van der Waals surface area contributed by atoms with Crippen LogP contribution < -0.4 is 10.6 Å². The third-order valence-electron chi connectivity index (χ3n) is 2.56. The largest absolute Gasteiger partial charge is 0.478 e. The van der Waals surface area contributed by atoms with Gasteiger partial charge in [0.05, 0.1) is 30.5 Å². The lowest BCUT2D eigenvalue weighted by Gasteiger charge is -2.06. The minimum absolute atomic E-state index is 0.123. The number of hydrogen-bond donors (Lipinski definition) is 3. The Balaban J connectivity index is 1.81. The zero-order valence-corrected chi connectivity index (χ0v) is 11.3. The standard InChI is InChI=1S/C13H14N4O4/c1-8-5-15-11(21-8)7-17-13(20)16-6-10-4-9(12(18)19)2-3-14-10/h2-5H,6-7H2,1H3,(H,18,19)(H2,16,17,20). The maximum absolute atomic E-state index is 11.6. The number of nitrogens with zero attached hydrogens (tertiary/aromatic N) is 2. The lowest BCUT2D eigenvalue weighted by molar-refractivity contribution is 0.0696. The summed E-state index contributed by atoms with van der Waals surface area (Å²) in [5.74, 6) is 0.0397. The Kier molecular flexibility index (Phi) is 4.50. The quantitative estimate of drug-likeness (QED) is 0.758. The van der Waals surface area contributed by atoms with E-state index in [0.717, 1.165) is 0 Å². The number of rotatable bonds is 5. The molecule has 0 spiro atoms. The fourth-order valence-corrected chi connectivity index (χ4v) is 1.58. The van der Waals surface area contributed by atoms with E-state index in [1.807, 2.05) is 0 Å². The van der Waals surface area contributed by atoms with Crippen molar-refractivity contribution in [2.75, 3.05) is 0 Å². The molecule has 8 heteroatoms. The molecular weight excluding hydrogens is 276 g/mol. The van der Waals surface area contributed by atoms with Gasteiger partial charge in [0.2, 0.25) is 5.89 Å². The molecule has 0 atom stereocenters. The first kappa shape index (κ1) is 14.5. The molecule has 2 aromatic heterocycles. The number of aromatic nitrogens is 2. The topological polar surface area (TPSA) is 117 Å². The highest BCUT2D eigenvalue weighted by atomic mass is 16.4. The van der Waals surface area contributed by atoms with E-state index >= 15 is 0 Å². The third-order valence-corrected chi connectivity index (χ3v) is 2.56. The van der Waals surface area contributed by atoms with Crippen LogP contribution in [0.25, 0.3) is 0 Å². The average Bonchev–Trinajstić information content (AvgIpc) is 2.89. The zero-order valence-electron chi connectivity index (χ0n) is 11.3. The van der Waals surface area contributed by atoms with Crippen LogP contribution in [-0.2, 0) is 13.1 Å². The van der Waals surface area contributed by atoms with Crippen molar-refractivity contribution in [2.45, 2.75) is 20.0 Å². The summed E-state index contributed by atoms with van der Waals surface area (Å²) in [4.78, 5) is 30.3. The fraction of sp³-hybridized carbons (Fsp3) is 0.231. The molecule has 2 amide bonds. The maximum Gasteiger partial charge on any atom is 0.335 e. The van der Waals surface area contributed by atoms with Gasteiger partial charge < -0.3 is 20.2 Å². The van der Waals surface area contributed by atoms with Crippen LogP contribution in [0.1, 0.15) is 27.7 Å². The van der Waals surface area contributed by atoms with Crippen molar-refractivity contribution in [1.29, 1.82) is 0 Å². The molecule has 0 unspecified atom stereocenters. The molecule has 2 rings (SSSR count). The second-order valence-electron chi connectivity index (χ2n) is 4.24. The van der Waals surface area contributed by atoms with Crippen molar-refractivity contribution in [1.82, 2.24) is 20.6 Å². The van der Waals surface area contributed by atoms with E-state index in [-0.39, 0.29) is 18.7 Å². The van der Waals surface area contributed by atoms with Crippen LogP contribution in [0.2, 0.25) is 0 Å². The van der Waals surface area contributed by atoms with Crippen LogP contribution >= 0.6 is 0 Å². The highest BCUT2D eigenvalue weighted by molar-refractivity contribution is 5.87. The molecule has 0 radical (unpaired) electrons. The Morgan fingerprint density at radius 3 is 2.71 bits per heavy atom. The number of carboxylic acids is 1. The highest BCUT2D eigenvalue weighted by Crippen LogP contribution is 2.02. The number of aromatic carboxylic acids is 1. The molecule has 2 aromatic rings. The molecule has 0 saturated carbocycles. The second kappa shape index (κ2) is 6.51. The van der Waals surface area contributed by atoms with Crippen LogP contribution in [0.4, 0.5) is 4.79 Å². The van der Waals surface area contributed by atoms with Crippen molar-refractivity contribution >= 4 is 12.0 Å². The molecule has 0 saturated heterocycles. The van der Waals surface area contributed by atoms with Crippen molar-refractivity contribution in [3.05, 3.63) is 47.4 Å². The zero-order chi connectivity index (χ0) is 15.2. The summed E-state index contributed by atoms with van der Waals surface area (Å²) in [7, 11) is 0. The van der Waals surface area contributed by atoms with Gasteiger partial charge >= 0.3 is 12.0 Å². The number of carbonyl (C=O) groups is 2. The van der Waals surface area contributed by atoms with Crippen molar-refractivity contribution < 1.29 is 19.1 Å². The lowest BCUT2D eigenvalue weighted by Crippen LogP contribution is -2.34. The van der Waals surface area contributed by atoms with Gasteiger partial charge in [-0.15, -0.1) is 0 Å². The Bertz CT molecular complexity index is 653. The summed E-state index contributed by atoms with van der Waals surface area (Å²) in [5, 5.41) is 14.0. The molecule has 0 aliphatic rings. The fourth-order valence-electron chi connectivity index (χ4n) is 1.58. The van der Waals surface area contributed by atoms with Crippen LogP contribution in [-0.4, -0.2) is 27.1 Å². The number of carboxylic acid groups (broad SMARTS) is 1. The van der Waals surface area contributed by atoms with Gasteiger partial charge in [-0.3, -0.25) is 4.98 Å². The Hall–Kier alpha value is -2.90. The Morgan fingerprint density at radius 2 is 2.05 bits per heavy atom. The van der Waals surface area contributed by atoms with Gasteiger partial charge in [0, 0.05) is 6.20 Å². The van der Waals surface area contributed by atoms with Gasteiger partial charge in [-0.05, 0) is 19.1 Å². The van der Waals surface area contributed by atoms with Gasteiger partial charge in [0.1, 0.15) is 5.76 Å². The first-order valence-corrected chi connectivity index (χ1v) is 6.16. The summed E-state index contributed by atoms with van der Waals surface area (Å²) < 4.78 is 5.21. The van der Waals surface area contributed by atoms with Crippen molar-refractivity contribution in [3.8, 4) is 0 Å². The summed E-state index contributed by atoms with van der Waals surface area (Å²) in [5.41, 5.74) is 0.578. The number of oxazole rings is 1. The van der Waals surface area contributed by atoms with Gasteiger partial charge in [-0.25, -0.2) is 14.6 Å². The van der Waals surface area contributed by atoms with E-state index in [9.17, 15) is 9.59 Å². The van der Waals surface area contributed by atoms with E-state index < -0.39 is 12.0 Å². The summed E-state index contributed by atoms with van der Waals surface area (Å²) >= 11 is 0. The van der Waals surface area contributed by atoms with Gasteiger partial charge in [0.25, 0.3) is 0 Å². The first-order chi connectivity index (χ1) is 10.0. The van der Waals surface area contributed by atoms with Crippen LogP contribution in [0.3, 0.4) is 0 Å². The molecule has 0 fully saturated rings. The number of amides is 2. The van der Waals surface area contributed by atoms with E-state index in [0.29, 0.717) is 17.3 Å². The van der Waals surface area contributed by atoms with Crippen LogP contribution in [0.15, 0.2) is 28.9 Å². The molecule has 110 valence electrons. The molecule has 8 nitrogen and oxygen atoms in total. The summed E-state index contributed by atoms with van der Waals surface area (Å²) in [6.07, 6.45) is 2.95. The monoisotopic (exact) mass is 290 g/mol. The maximum atomic E-state index is 11.6. The second-order valence-corrected chi connectivity index (χ2v) is 4.24. The Morgan fingerprint density at radius 1 is 1.29 bits per heavy atom. The first-order valence-electron chi connectivity index (χ1n) is 6.16. The number of urea groups is 1. The lowest BCUT2D eigenvalue weighted by atomic mass is 10.2. The minimum Gasteiger partial charge on any atom is -0.478 e. The molecule has 2 heterocycles. The minimum atomic E-state index is -1.04. The molecular formula is C13H14N4O4. The summed E-state index contributed by atoms with van der Waals surface area (Å²) in [6.45, 7) is 2.05. The number of carbonyl (C=O) groups excluding carboxylic acids is 1. The van der Waals surface area contributed by atoms with Gasteiger partial charge in [0.15, 0.2) is 0 Å². The molecule has 0 bridgehead atoms. The Labute approximate surface area is 120 Å². The molecule has 0 aromatic carbocycles. The molecule has 21 heavy (non-hydrogen) atoms. The number of hydrogen-bond acceptors (Lipinski definition) is 5. The predicted molar refractivity (Wildman–Crippen MR) is 71.5 cm³/mol. The number of nitrogens with one attached hydrogen (secondary N) is 2. The molecule has 3 N–H and O–H groups in total. The van der Waals surface area contributed by atoms with Gasteiger partial charge in [-0.1, -0.05) is 0 Å². The SMILES string of the molecule is Cc1cnc(CNC(=O)NCc2cc(C(=O)O)ccn2)o1. The third kappa shape index (κ3) is 4.30. The smallest absolute Gasteiger partial charge is 0.335 e. The van der Waals surface area contributed by atoms with Crippen molar-refractivity contribution in [3.63, 3.8) is 0 Å². The number of pyridine rings is 1.